The molecule has 0 aromatic heterocycles. The number of hydrogen-bond acceptors (Lipinski definition) is 3. The van der Waals surface area contributed by atoms with Crippen LogP contribution in [-0.2, 0) is 4.79 Å². The molecule has 0 aliphatic carbocycles. The molecular weight excluding hydrogens is 338 g/mol. The van der Waals surface area contributed by atoms with E-state index in [4.69, 9.17) is 0 Å². The minimum Gasteiger partial charge on any atom is -0.352 e. The number of nitrogens with one attached hydrogen (secondary N) is 3. The predicted octanol–water partition coefficient (Wildman–Crippen LogP) is 2.30. The Morgan fingerprint density at radius 1 is 0.960 bits per heavy atom. The van der Waals surface area contributed by atoms with Crippen molar-refractivity contribution in [2.45, 2.75) is 19.0 Å². The fourth-order valence-electron chi connectivity index (χ4n) is 2.21. The van der Waals surface area contributed by atoms with Gasteiger partial charge in [-0.25, -0.2) is 0 Å². The molecule has 0 fully saturated rings. The van der Waals surface area contributed by atoms with E-state index in [-0.39, 0.29) is 30.3 Å². The van der Waals surface area contributed by atoms with Gasteiger partial charge in [0.05, 0.1) is 0 Å². The summed E-state index contributed by atoms with van der Waals surface area (Å²) in [5.41, 5.74) is 1.27. The van der Waals surface area contributed by atoms with E-state index >= 15 is 0 Å². The second kappa shape index (κ2) is 10.5. The van der Waals surface area contributed by atoms with Crippen LogP contribution in [0.1, 0.15) is 28.9 Å². The third kappa shape index (κ3) is 6.21. The van der Waals surface area contributed by atoms with Gasteiger partial charge in [0, 0.05) is 18.2 Å². The summed E-state index contributed by atoms with van der Waals surface area (Å²) in [6.07, 6.45) is 0. The van der Waals surface area contributed by atoms with Crippen LogP contribution in [-0.4, -0.2) is 31.4 Å². The predicted molar refractivity (Wildman–Crippen MR) is 102 cm³/mol. The summed E-state index contributed by atoms with van der Waals surface area (Å²) < 4.78 is 0. The molecule has 0 saturated carbocycles. The Hall–Kier alpha value is -2.37. The van der Waals surface area contributed by atoms with Gasteiger partial charge in [0.1, 0.15) is 6.04 Å². The van der Waals surface area contributed by atoms with Crippen LogP contribution in [0.25, 0.3) is 0 Å². The summed E-state index contributed by atoms with van der Waals surface area (Å²) >= 11 is 0. The molecule has 3 N–H and O–H groups in total. The van der Waals surface area contributed by atoms with Crippen molar-refractivity contribution in [3.8, 4) is 0 Å². The fraction of sp³-hybridized carbons (Fsp3) is 0.263. The van der Waals surface area contributed by atoms with Gasteiger partial charge in [-0.3, -0.25) is 9.59 Å². The van der Waals surface area contributed by atoms with Gasteiger partial charge in [0.15, 0.2) is 0 Å². The maximum Gasteiger partial charge on any atom is 0.252 e. The van der Waals surface area contributed by atoms with Gasteiger partial charge >= 0.3 is 0 Å². The standard InChI is InChI=1S/C19H23N3O2.ClH/c1-14(20-2)13-21-19(24)17(15-9-5-3-6-10-15)22-18(23)16-11-7-4-8-12-16;/h3-12,14,17,20H,13H2,1-2H3,(H,21,24)(H,22,23);1H. The van der Waals surface area contributed by atoms with Crippen molar-refractivity contribution in [1.82, 2.24) is 16.0 Å². The van der Waals surface area contributed by atoms with E-state index < -0.39 is 6.04 Å². The smallest absolute Gasteiger partial charge is 0.252 e. The van der Waals surface area contributed by atoms with Crippen molar-refractivity contribution in [2.75, 3.05) is 13.6 Å². The van der Waals surface area contributed by atoms with Crippen LogP contribution in [0.2, 0.25) is 0 Å². The summed E-state index contributed by atoms with van der Waals surface area (Å²) in [5, 5.41) is 8.76. The van der Waals surface area contributed by atoms with Gasteiger partial charge in [0.25, 0.3) is 5.91 Å². The number of rotatable bonds is 7. The zero-order valence-electron chi connectivity index (χ0n) is 14.4. The van der Waals surface area contributed by atoms with Crippen molar-refractivity contribution < 1.29 is 9.59 Å². The first-order chi connectivity index (χ1) is 11.6. The zero-order chi connectivity index (χ0) is 17.4. The quantitative estimate of drug-likeness (QED) is 0.708. The fourth-order valence-corrected chi connectivity index (χ4v) is 2.21. The molecule has 0 aliphatic rings. The van der Waals surface area contributed by atoms with E-state index in [2.05, 4.69) is 16.0 Å². The van der Waals surface area contributed by atoms with Crippen LogP contribution < -0.4 is 16.0 Å². The van der Waals surface area contributed by atoms with Crippen LogP contribution in [0.3, 0.4) is 0 Å². The van der Waals surface area contributed by atoms with Crippen molar-refractivity contribution >= 4 is 24.2 Å². The van der Waals surface area contributed by atoms with Gasteiger partial charge in [0.2, 0.25) is 5.91 Å². The molecular formula is C19H24ClN3O2. The van der Waals surface area contributed by atoms with Crippen molar-refractivity contribution in [3.63, 3.8) is 0 Å². The molecule has 134 valence electrons. The summed E-state index contributed by atoms with van der Waals surface area (Å²) in [6.45, 7) is 2.46. The molecule has 0 bridgehead atoms. The maximum absolute atomic E-state index is 12.6. The number of halogens is 1. The number of amides is 2. The first kappa shape index (κ1) is 20.7. The van der Waals surface area contributed by atoms with Crippen LogP contribution in [0, 0.1) is 0 Å². The molecule has 6 heteroatoms. The largest absolute Gasteiger partial charge is 0.352 e. The van der Waals surface area contributed by atoms with E-state index in [0.717, 1.165) is 5.56 Å². The summed E-state index contributed by atoms with van der Waals surface area (Å²) in [5.74, 6) is -0.506. The Kier molecular flexibility index (Phi) is 8.67. The summed E-state index contributed by atoms with van der Waals surface area (Å²) in [7, 11) is 1.84. The normalized spacial score (nSPS) is 12.4. The molecule has 0 heterocycles. The Morgan fingerprint density at radius 2 is 1.52 bits per heavy atom. The molecule has 2 amide bonds. The van der Waals surface area contributed by atoms with E-state index in [0.29, 0.717) is 12.1 Å². The molecule has 25 heavy (non-hydrogen) atoms. The highest BCUT2D eigenvalue weighted by Gasteiger charge is 2.23. The average Bonchev–Trinajstić information content (AvgIpc) is 2.65. The number of likely N-dealkylation sites (N-methyl/N-ethyl adjacent to an activating group) is 1. The second-order valence-electron chi connectivity index (χ2n) is 5.62. The van der Waals surface area contributed by atoms with Crippen molar-refractivity contribution in [2.24, 2.45) is 0 Å². The molecule has 2 atom stereocenters. The van der Waals surface area contributed by atoms with Crippen LogP contribution >= 0.6 is 12.4 Å². The minimum absolute atomic E-state index is 0. The first-order valence-corrected chi connectivity index (χ1v) is 7.97. The molecule has 0 radical (unpaired) electrons. The van der Waals surface area contributed by atoms with E-state index in [1.54, 1.807) is 24.3 Å². The lowest BCUT2D eigenvalue weighted by Gasteiger charge is -2.20. The average molecular weight is 362 g/mol. The molecule has 2 aromatic carbocycles. The molecule has 0 saturated heterocycles. The number of benzene rings is 2. The second-order valence-corrected chi connectivity index (χ2v) is 5.62. The first-order valence-electron chi connectivity index (χ1n) is 7.97. The van der Waals surface area contributed by atoms with Crippen molar-refractivity contribution in [1.29, 1.82) is 0 Å². The SMILES string of the molecule is CNC(C)CNC(=O)C(NC(=O)c1ccccc1)c1ccccc1.Cl. The lowest BCUT2D eigenvalue weighted by atomic mass is 10.1. The Balaban J connectivity index is 0.00000312. The van der Waals surface area contributed by atoms with Crippen LogP contribution in [0.5, 0.6) is 0 Å². The maximum atomic E-state index is 12.6. The van der Waals surface area contributed by atoms with Crippen molar-refractivity contribution in [3.05, 3.63) is 71.8 Å². The Bertz CT molecular complexity index is 665. The van der Waals surface area contributed by atoms with E-state index in [1.807, 2.05) is 50.4 Å². The highest BCUT2D eigenvalue weighted by molar-refractivity contribution is 5.97. The summed E-state index contributed by atoms with van der Waals surface area (Å²) in [4.78, 5) is 25.0. The van der Waals surface area contributed by atoms with Crippen LogP contribution in [0.4, 0.5) is 0 Å². The Labute approximate surface area is 154 Å². The molecule has 2 aromatic rings. The van der Waals surface area contributed by atoms with Gasteiger partial charge in [-0.2, -0.15) is 0 Å². The monoisotopic (exact) mass is 361 g/mol. The topological polar surface area (TPSA) is 70.2 Å². The minimum atomic E-state index is -0.733. The van der Waals surface area contributed by atoms with Gasteiger partial charge in [-0.15, -0.1) is 12.4 Å². The third-order valence-corrected chi connectivity index (χ3v) is 3.78. The van der Waals surface area contributed by atoms with Gasteiger partial charge < -0.3 is 16.0 Å². The third-order valence-electron chi connectivity index (χ3n) is 3.78. The molecule has 2 unspecified atom stereocenters. The highest BCUT2D eigenvalue weighted by atomic mass is 35.5. The number of carbonyl (C=O) groups excluding carboxylic acids is 2. The summed E-state index contributed by atoms with van der Waals surface area (Å²) in [6, 6.07) is 17.5. The zero-order valence-corrected chi connectivity index (χ0v) is 15.2. The van der Waals surface area contributed by atoms with Gasteiger partial charge in [-0.1, -0.05) is 48.5 Å². The van der Waals surface area contributed by atoms with E-state index in [9.17, 15) is 9.59 Å². The van der Waals surface area contributed by atoms with E-state index in [1.165, 1.54) is 0 Å². The molecule has 0 aliphatic heterocycles. The van der Waals surface area contributed by atoms with Crippen LogP contribution in [0.15, 0.2) is 60.7 Å². The highest BCUT2D eigenvalue weighted by Crippen LogP contribution is 2.14. The Morgan fingerprint density at radius 3 is 2.08 bits per heavy atom. The lowest BCUT2D eigenvalue weighted by molar-refractivity contribution is -0.123. The number of hydrogen-bond donors (Lipinski definition) is 3. The molecule has 0 spiro atoms. The molecule has 2 rings (SSSR count). The number of carbonyl (C=O) groups is 2. The van der Waals surface area contributed by atoms with Gasteiger partial charge in [-0.05, 0) is 31.7 Å². The lowest BCUT2D eigenvalue weighted by Crippen LogP contribution is -2.44. The molecule has 5 nitrogen and oxygen atoms in total.